The van der Waals surface area contributed by atoms with Gasteiger partial charge in [-0.05, 0) is 57.1 Å². The minimum Gasteiger partial charge on any atom is -0.493 e. The smallest absolute Gasteiger partial charge is 0.270 e. The molecule has 1 saturated heterocycles. The number of rotatable bonds is 6. The highest BCUT2D eigenvalue weighted by Gasteiger charge is 2.24. The minimum atomic E-state index is -2.87. The molecule has 1 fully saturated rings. The highest BCUT2D eigenvalue weighted by atomic mass is 19.3. The molecule has 124 valence electrons. The van der Waals surface area contributed by atoms with E-state index in [1.54, 1.807) is 13.0 Å². The van der Waals surface area contributed by atoms with Crippen LogP contribution < -0.4 is 4.74 Å². The summed E-state index contributed by atoms with van der Waals surface area (Å²) in [4.78, 5) is 0. The second kappa shape index (κ2) is 7.86. The lowest BCUT2D eigenvalue weighted by atomic mass is 9.92. The maximum absolute atomic E-state index is 14.3. The topological polar surface area (TPSA) is 18.5 Å². The predicted octanol–water partition coefficient (Wildman–Crippen LogP) is 4.91. The van der Waals surface area contributed by atoms with Crippen molar-refractivity contribution < 1.29 is 22.6 Å². The largest absolute Gasteiger partial charge is 0.493 e. The maximum Gasteiger partial charge on any atom is 0.270 e. The molecule has 1 aromatic carbocycles. The highest BCUT2D eigenvalue weighted by molar-refractivity contribution is 5.40. The van der Waals surface area contributed by atoms with Crippen molar-refractivity contribution in [2.45, 2.75) is 52.1 Å². The molecule has 0 radical (unpaired) electrons. The summed E-state index contributed by atoms with van der Waals surface area (Å²) in [6, 6.07) is 3.00. The van der Waals surface area contributed by atoms with E-state index < -0.39 is 17.8 Å². The fourth-order valence-electron chi connectivity index (χ4n) is 2.82. The van der Waals surface area contributed by atoms with Gasteiger partial charge in [0.25, 0.3) is 6.43 Å². The van der Waals surface area contributed by atoms with Gasteiger partial charge in [0.2, 0.25) is 0 Å². The molecule has 0 N–H and O–H groups in total. The van der Waals surface area contributed by atoms with Gasteiger partial charge >= 0.3 is 0 Å². The summed E-state index contributed by atoms with van der Waals surface area (Å²) in [7, 11) is 0. The molecule has 22 heavy (non-hydrogen) atoms. The van der Waals surface area contributed by atoms with E-state index in [0.717, 1.165) is 19.3 Å². The molecule has 0 aromatic heterocycles. The first-order valence-electron chi connectivity index (χ1n) is 7.86. The Bertz CT molecular complexity index is 483. The highest BCUT2D eigenvalue weighted by Crippen LogP contribution is 2.34. The standard InChI is InChI=1S/C17H23F3O2/c1-3-21-14-9-8-13(16(18)15(14)17(19)20)7-6-12-5-4-11(2)22-10-12/h8-9,11-12,17H,3-7,10H2,1-2H3. The normalized spacial score (nSPS) is 22.1. The average molecular weight is 316 g/mol. The van der Waals surface area contributed by atoms with Crippen LogP contribution in [-0.2, 0) is 11.2 Å². The van der Waals surface area contributed by atoms with E-state index in [9.17, 15) is 13.2 Å². The quantitative estimate of drug-likeness (QED) is 0.742. The number of alkyl halides is 2. The van der Waals surface area contributed by atoms with E-state index in [-0.39, 0.29) is 18.5 Å². The summed E-state index contributed by atoms with van der Waals surface area (Å²) >= 11 is 0. The Balaban J connectivity index is 2.06. The van der Waals surface area contributed by atoms with Gasteiger partial charge in [-0.1, -0.05) is 6.07 Å². The molecule has 2 rings (SSSR count). The maximum atomic E-state index is 14.3. The molecular formula is C17H23F3O2. The monoisotopic (exact) mass is 316 g/mol. The molecular weight excluding hydrogens is 293 g/mol. The van der Waals surface area contributed by atoms with E-state index in [1.165, 1.54) is 6.07 Å². The molecule has 2 unspecified atom stereocenters. The van der Waals surface area contributed by atoms with Gasteiger partial charge in [-0.3, -0.25) is 0 Å². The van der Waals surface area contributed by atoms with E-state index in [4.69, 9.17) is 9.47 Å². The molecule has 0 amide bonds. The lowest BCUT2D eigenvalue weighted by Crippen LogP contribution is -2.24. The van der Waals surface area contributed by atoms with Gasteiger partial charge in [-0.25, -0.2) is 13.2 Å². The van der Waals surface area contributed by atoms with Crippen molar-refractivity contribution in [1.82, 2.24) is 0 Å². The molecule has 0 spiro atoms. The number of aryl methyl sites for hydroxylation is 1. The Labute approximate surface area is 129 Å². The van der Waals surface area contributed by atoms with Crippen LogP contribution in [0.4, 0.5) is 13.2 Å². The average Bonchev–Trinajstić information content (AvgIpc) is 2.48. The van der Waals surface area contributed by atoms with Crippen molar-refractivity contribution in [1.29, 1.82) is 0 Å². The zero-order valence-electron chi connectivity index (χ0n) is 13.1. The lowest BCUT2D eigenvalue weighted by Gasteiger charge is -2.26. The van der Waals surface area contributed by atoms with Crippen LogP contribution in [0.25, 0.3) is 0 Å². The Hall–Kier alpha value is -1.23. The molecule has 0 bridgehead atoms. The Morgan fingerprint density at radius 3 is 2.68 bits per heavy atom. The summed E-state index contributed by atoms with van der Waals surface area (Å²) in [6.45, 7) is 4.63. The number of benzene rings is 1. The third kappa shape index (κ3) is 4.15. The van der Waals surface area contributed by atoms with Crippen LogP contribution in [0.5, 0.6) is 5.75 Å². The zero-order valence-corrected chi connectivity index (χ0v) is 13.1. The molecule has 2 atom stereocenters. The first-order chi connectivity index (χ1) is 10.5. The number of halogens is 3. The summed E-state index contributed by atoms with van der Waals surface area (Å²) < 4.78 is 51.2. The van der Waals surface area contributed by atoms with Gasteiger partial charge < -0.3 is 9.47 Å². The van der Waals surface area contributed by atoms with Crippen LogP contribution >= 0.6 is 0 Å². The van der Waals surface area contributed by atoms with Crippen LogP contribution in [0.2, 0.25) is 0 Å². The molecule has 5 heteroatoms. The van der Waals surface area contributed by atoms with Crippen LogP contribution in [0, 0.1) is 11.7 Å². The van der Waals surface area contributed by atoms with Crippen molar-refractivity contribution in [3.63, 3.8) is 0 Å². The Morgan fingerprint density at radius 1 is 1.32 bits per heavy atom. The fourth-order valence-corrected chi connectivity index (χ4v) is 2.82. The third-order valence-corrected chi connectivity index (χ3v) is 4.16. The van der Waals surface area contributed by atoms with E-state index in [2.05, 4.69) is 0 Å². The summed E-state index contributed by atoms with van der Waals surface area (Å²) in [5.41, 5.74) is -0.287. The summed E-state index contributed by atoms with van der Waals surface area (Å²) in [5, 5.41) is 0. The molecule has 2 nitrogen and oxygen atoms in total. The molecule has 1 aliphatic rings. The molecule has 1 heterocycles. The first kappa shape index (κ1) is 17.1. The molecule has 0 saturated carbocycles. The van der Waals surface area contributed by atoms with Crippen molar-refractivity contribution in [2.24, 2.45) is 5.92 Å². The second-order valence-electron chi connectivity index (χ2n) is 5.81. The SMILES string of the molecule is CCOc1ccc(CCC2CCC(C)OC2)c(F)c1C(F)F. The Kier molecular flexibility index (Phi) is 6.12. The van der Waals surface area contributed by atoms with Gasteiger partial charge in [-0.15, -0.1) is 0 Å². The van der Waals surface area contributed by atoms with Crippen LogP contribution in [0.3, 0.4) is 0 Å². The van der Waals surface area contributed by atoms with Crippen molar-refractivity contribution in [2.75, 3.05) is 13.2 Å². The number of hydrogen-bond acceptors (Lipinski definition) is 2. The van der Waals surface area contributed by atoms with Crippen LogP contribution in [-0.4, -0.2) is 19.3 Å². The minimum absolute atomic E-state index is 0.0615. The molecule has 1 aromatic rings. The van der Waals surface area contributed by atoms with Crippen LogP contribution in [0.15, 0.2) is 12.1 Å². The van der Waals surface area contributed by atoms with Crippen molar-refractivity contribution in [3.8, 4) is 5.75 Å². The van der Waals surface area contributed by atoms with Gasteiger partial charge in [0.1, 0.15) is 11.6 Å². The zero-order chi connectivity index (χ0) is 16.1. The predicted molar refractivity (Wildman–Crippen MR) is 79.0 cm³/mol. The molecule has 0 aliphatic carbocycles. The van der Waals surface area contributed by atoms with E-state index in [0.29, 0.717) is 24.5 Å². The fraction of sp³-hybridized carbons (Fsp3) is 0.647. The van der Waals surface area contributed by atoms with Gasteiger partial charge in [-0.2, -0.15) is 0 Å². The summed E-state index contributed by atoms with van der Waals surface area (Å²) in [5.74, 6) is -0.517. The lowest BCUT2D eigenvalue weighted by molar-refractivity contribution is -0.00700. The number of ether oxygens (including phenoxy) is 2. The number of hydrogen-bond donors (Lipinski definition) is 0. The van der Waals surface area contributed by atoms with E-state index >= 15 is 0 Å². The molecule has 1 aliphatic heterocycles. The summed E-state index contributed by atoms with van der Waals surface area (Å²) in [6.07, 6.45) is 0.644. The van der Waals surface area contributed by atoms with Gasteiger partial charge in [0, 0.05) is 6.61 Å². The first-order valence-corrected chi connectivity index (χ1v) is 7.86. The van der Waals surface area contributed by atoms with Crippen molar-refractivity contribution in [3.05, 3.63) is 29.1 Å². The van der Waals surface area contributed by atoms with E-state index in [1.807, 2.05) is 6.92 Å². The van der Waals surface area contributed by atoms with Gasteiger partial charge in [0.15, 0.2) is 0 Å². The van der Waals surface area contributed by atoms with Crippen LogP contribution in [0.1, 0.15) is 50.7 Å². The van der Waals surface area contributed by atoms with Gasteiger partial charge in [0.05, 0.1) is 18.3 Å². The Morgan fingerprint density at radius 2 is 2.09 bits per heavy atom. The van der Waals surface area contributed by atoms with Crippen molar-refractivity contribution >= 4 is 0 Å². The third-order valence-electron chi connectivity index (χ3n) is 4.16. The second-order valence-corrected chi connectivity index (χ2v) is 5.81.